The normalized spacial score (nSPS) is 18.1. The Hall–Kier alpha value is -5.70. The van der Waals surface area contributed by atoms with E-state index < -0.39 is 0 Å². The van der Waals surface area contributed by atoms with Crippen LogP contribution in [0.3, 0.4) is 0 Å². The molecule has 1 aromatic heterocycles. The first kappa shape index (κ1) is 30.9. The van der Waals surface area contributed by atoms with E-state index in [0.29, 0.717) is 5.92 Å². The lowest BCUT2D eigenvalue weighted by atomic mass is 9.81. The maximum atomic E-state index is 2.50. The zero-order chi connectivity index (χ0) is 34.9. The summed E-state index contributed by atoms with van der Waals surface area (Å²) in [5.74, 6) is 2.43. The monoisotopic (exact) mass is 697 g/mol. The smallest absolute Gasteiger partial charge is 0.0540 e. The minimum Gasteiger partial charge on any atom is -0.310 e. The van der Waals surface area contributed by atoms with Gasteiger partial charge in [0.25, 0.3) is 0 Å². The third kappa shape index (κ3) is 5.11. The summed E-state index contributed by atoms with van der Waals surface area (Å²) in [6.45, 7) is 0. The summed E-state index contributed by atoms with van der Waals surface area (Å²) < 4.78 is 2.66. The number of nitrogens with zero attached hydrogens (tertiary/aromatic N) is 1. The van der Waals surface area contributed by atoms with Crippen molar-refractivity contribution >= 4 is 70.1 Å². The molecule has 254 valence electrons. The number of hydrogen-bond donors (Lipinski definition) is 0. The quantitative estimate of drug-likeness (QED) is 0.167. The Morgan fingerprint density at radius 3 is 1.91 bits per heavy atom. The Bertz CT molecular complexity index is 2810. The molecule has 53 heavy (non-hydrogen) atoms. The maximum absolute atomic E-state index is 2.50. The van der Waals surface area contributed by atoms with E-state index in [4.69, 9.17) is 0 Å². The minimum absolute atomic E-state index is 0.676. The van der Waals surface area contributed by atoms with E-state index in [9.17, 15) is 0 Å². The molecule has 9 aromatic rings. The minimum atomic E-state index is 0.676. The lowest BCUT2D eigenvalue weighted by molar-refractivity contribution is 0.422. The molecule has 2 fully saturated rings. The second-order valence-corrected chi connectivity index (χ2v) is 16.3. The number of hydrogen-bond acceptors (Lipinski definition) is 2. The summed E-state index contributed by atoms with van der Waals surface area (Å²) in [5.41, 5.74) is 10.1. The molecule has 3 unspecified atom stereocenters. The van der Waals surface area contributed by atoms with Crippen LogP contribution in [0.5, 0.6) is 0 Å². The highest BCUT2D eigenvalue weighted by Gasteiger charge is 2.40. The fourth-order valence-electron chi connectivity index (χ4n) is 9.96. The van der Waals surface area contributed by atoms with Crippen molar-refractivity contribution in [3.63, 3.8) is 0 Å². The molecule has 3 atom stereocenters. The summed E-state index contributed by atoms with van der Waals surface area (Å²) in [6, 6.07) is 63.4. The van der Waals surface area contributed by atoms with Gasteiger partial charge in [0.1, 0.15) is 0 Å². The van der Waals surface area contributed by atoms with E-state index in [1.165, 1.54) is 101 Å². The molecule has 2 bridgehead atoms. The number of anilines is 3. The van der Waals surface area contributed by atoms with Crippen LogP contribution < -0.4 is 4.90 Å². The van der Waals surface area contributed by atoms with Crippen molar-refractivity contribution in [2.75, 3.05) is 4.90 Å². The third-order valence-corrected chi connectivity index (χ3v) is 13.5. The van der Waals surface area contributed by atoms with Crippen molar-refractivity contribution in [3.8, 4) is 22.3 Å². The second-order valence-electron chi connectivity index (χ2n) is 15.2. The van der Waals surface area contributed by atoms with Crippen LogP contribution in [0.1, 0.15) is 37.2 Å². The molecule has 11 rings (SSSR count). The van der Waals surface area contributed by atoms with Gasteiger partial charge in [0.2, 0.25) is 0 Å². The van der Waals surface area contributed by atoms with Gasteiger partial charge in [-0.15, -0.1) is 11.3 Å². The number of benzene rings is 8. The summed E-state index contributed by atoms with van der Waals surface area (Å²) >= 11 is 1.88. The van der Waals surface area contributed by atoms with E-state index in [1.807, 2.05) is 11.3 Å². The van der Waals surface area contributed by atoms with Crippen LogP contribution >= 0.6 is 11.3 Å². The molecule has 8 aromatic carbocycles. The topological polar surface area (TPSA) is 3.24 Å². The highest BCUT2D eigenvalue weighted by atomic mass is 32.1. The zero-order valence-corrected chi connectivity index (χ0v) is 30.4. The zero-order valence-electron chi connectivity index (χ0n) is 29.6. The van der Waals surface area contributed by atoms with Crippen LogP contribution in [0.15, 0.2) is 170 Å². The Balaban J connectivity index is 1.09. The Labute approximate surface area is 314 Å². The van der Waals surface area contributed by atoms with Gasteiger partial charge >= 0.3 is 0 Å². The Morgan fingerprint density at radius 2 is 1.15 bits per heavy atom. The van der Waals surface area contributed by atoms with Gasteiger partial charge in [-0.1, -0.05) is 134 Å². The van der Waals surface area contributed by atoms with Crippen molar-refractivity contribution in [2.24, 2.45) is 11.8 Å². The summed E-state index contributed by atoms with van der Waals surface area (Å²) in [4.78, 5) is 2.50. The van der Waals surface area contributed by atoms with Gasteiger partial charge in [0.05, 0.1) is 5.69 Å². The molecular weight excluding hydrogens is 659 g/mol. The summed E-state index contributed by atoms with van der Waals surface area (Å²) in [5, 5.41) is 7.93. The molecule has 0 radical (unpaired) electrons. The number of thiophene rings is 1. The van der Waals surface area contributed by atoms with Crippen molar-refractivity contribution in [3.05, 3.63) is 175 Å². The first-order chi connectivity index (χ1) is 26.3. The van der Waals surface area contributed by atoms with Crippen LogP contribution in [-0.2, 0) is 0 Å². The molecule has 1 heterocycles. The Kier molecular flexibility index (Phi) is 7.26. The van der Waals surface area contributed by atoms with Crippen molar-refractivity contribution in [1.29, 1.82) is 0 Å². The SMILES string of the molecule is c1ccc(-c2cccc3cccc(-c4ccc(N(c5ccc6sc7ccccc7c6c5)c5ccc(C6CC7CCC6C7)c6ccccc56)cc4)c23)cc1. The third-order valence-electron chi connectivity index (χ3n) is 12.4. The molecule has 0 aliphatic heterocycles. The van der Waals surface area contributed by atoms with Gasteiger partial charge < -0.3 is 4.90 Å². The molecule has 0 spiro atoms. The van der Waals surface area contributed by atoms with Crippen LogP contribution in [0.2, 0.25) is 0 Å². The van der Waals surface area contributed by atoms with E-state index in [-0.39, 0.29) is 0 Å². The average molecular weight is 698 g/mol. The average Bonchev–Trinajstić information content (AvgIpc) is 3.96. The van der Waals surface area contributed by atoms with Gasteiger partial charge in [-0.3, -0.25) is 0 Å². The van der Waals surface area contributed by atoms with E-state index in [0.717, 1.165) is 17.5 Å². The van der Waals surface area contributed by atoms with Crippen LogP contribution in [0.25, 0.3) is 64.0 Å². The summed E-state index contributed by atoms with van der Waals surface area (Å²) in [6.07, 6.45) is 5.58. The van der Waals surface area contributed by atoms with Crippen molar-refractivity contribution in [1.82, 2.24) is 0 Å². The van der Waals surface area contributed by atoms with Crippen LogP contribution in [0.4, 0.5) is 17.1 Å². The standard InChI is InChI=1S/C51H39NS/c1-2-10-34(11-3-1)40-17-8-12-36-13-9-18-41(51(36)40)35-22-24-38(25-23-35)52(39-26-29-50-47(32-39)45-16-6-7-19-49(45)53-50)48-28-27-43(42-14-4-5-15-44(42)48)46-31-33-20-21-37(46)30-33/h1-19,22-29,32-33,37,46H,20-21,30-31H2. The van der Waals surface area contributed by atoms with Crippen molar-refractivity contribution in [2.45, 2.75) is 31.6 Å². The van der Waals surface area contributed by atoms with Gasteiger partial charge in [0.15, 0.2) is 0 Å². The fraction of sp³-hybridized carbons (Fsp3) is 0.137. The van der Waals surface area contributed by atoms with E-state index in [1.54, 1.807) is 5.56 Å². The lowest BCUT2D eigenvalue weighted by Crippen LogP contribution is -2.12. The maximum Gasteiger partial charge on any atom is 0.0540 e. The van der Waals surface area contributed by atoms with Gasteiger partial charge in [-0.05, 0) is 123 Å². The van der Waals surface area contributed by atoms with Gasteiger partial charge in [-0.25, -0.2) is 0 Å². The predicted molar refractivity (Wildman–Crippen MR) is 228 cm³/mol. The van der Waals surface area contributed by atoms with Gasteiger partial charge in [-0.2, -0.15) is 0 Å². The van der Waals surface area contributed by atoms with Crippen LogP contribution in [-0.4, -0.2) is 0 Å². The Morgan fingerprint density at radius 1 is 0.472 bits per heavy atom. The molecule has 0 N–H and O–H groups in total. The number of rotatable bonds is 6. The van der Waals surface area contributed by atoms with E-state index >= 15 is 0 Å². The lowest BCUT2D eigenvalue weighted by Gasteiger charge is -2.29. The van der Waals surface area contributed by atoms with Gasteiger partial charge in [0, 0.05) is 36.9 Å². The largest absolute Gasteiger partial charge is 0.310 e. The van der Waals surface area contributed by atoms with E-state index in [2.05, 4.69) is 175 Å². The molecular formula is C51H39NS. The molecule has 2 aliphatic rings. The first-order valence-electron chi connectivity index (χ1n) is 19.2. The molecule has 0 amide bonds. The van der Waals surface area contributed by atoms with Crippen LogP contribution in [0, 0.1) is 11.8 Å². The second kappa shape index (κ2) is 12.5. The highest BCUT2D eigenvalue weighted by molar-refractivity contribution is 7.25. The highest BCUT2D eigenvalue weighted by Crippen LogP contribution is 2.55. The molecule has 0 saturated heterocycles. The molecule has 2 aliphatic carbocycles. The fourth-order valence-corrected chi connectivity index (χ4v) is 11.0. The van der Waals surface area contributed by atoms with Crippen molar-refractivity contribution < 1.29 is 0 Å². The first-order valence-corrected chi connectivity index (χ1v) is 20.0. The molecule has 2 saturated carbocycles. The number of fused-ring (bicyclic) bond motifs is 7. The summed E-state index contributed by atoms with van der Waals surface area (Å²) in [7, 11) is 0. The molecule has 2 heteroatoms. The predicted octanol–water partition coefficient (Wildman–Crippen LogP) is 15.1. The molecule has 1 nitrogen and oxygen atoms in total.